The second kappa shape index (κ2) is 37.9. The Bertz CT molecular complexity index is 3310. The largest absolute Gasteiger partial charge is 0.336 e. The van der Waals surface area contributed by atoms with E-state index in [1.807, 2.05) is 4.98 Å². The fourth-order valence-corrected chi connectivity index (χ4v) is 7.25. The van der Waals surface area contributed by atoms with Crippen LogP contribution in [0, 0.1) is 52.0 Å². The van der Waals surface area contributed by atoms with Crippen molar-refractivity contribution in [3.05, 3.63) is 143 Å². The van der Waals surface area contributed by atoms with E-state index in [1.54, 1.807) is 20.1 Å². The van der Waals surface area contributed by atoms with Gasteiger partial charge in [-0.05, 0) is 135 Å². The van der Waals surface area contributed by atoms with Crippen LogP contribution in [0.1, 0.15) is 41.8 Å². The highest BCUT2D eigenvalue weighted by atomic mass is 32.1. The van der Waals surface area contributed by atoms with Crippen LogP contribution in [0.15, 0.2) is 59.4 Å². The Kier molecular flexibility index (Phi) is 34.0. The maximum Gasteiger partial charge on any atom is 0.329 e. The first kappa shape index (κ1) is 69.2. The standard InChI is InChI=1S/C8H10S2.C5H6N2OS.C4H5N3OS.C4H4N2O2S.C3H3N3O2S.C3H3N3OS2.C3H3N3S3.C3H4N2S2.C3H4N2S/c9-5-7-1-2-8(6-10)4-3-7;1-3-2-4(8)7-5(9)6-3;1-2-3(8)5-4(9)7-6-2;7-2-1-3(8)6-4(9)5-2;3*7-1-4-2(8)6-3(9)5-1;6-2-1-3(7)5-4-2;6-3-1-2-4-5-3/h1-4,9-10H,5-6H2;2H,1H3,(H2,6,7,8,9);1H3,(H2,5,7,8,9);1H2,(H2,5,6,7,8,9);3*(H3,4,5,6,7,8,9);1H2,(H,4,6)(H,5,7);2H,1H2,(H,5,6). The summed E-state index contributed by atoms with van der Waals surface area (Å²) in [4.78, 5) is 104. The number of hydrogen-bond acceptors (Lipinski definition) is 23. The van der Waals surface area contributed by atoms with Gasteiger partial charge in [0.05, 0.1) is 6.42 Å². The summed E-state index contributed by atoms with van der Waals surface area (Å²) in [7, 11) is 0. The summed E-state index contributed by atoms with van der Waals surface area (Å²) < 4.78 is 2.48. The van der Waals surface area contributed by atoms with Crippen molar-refractivity contribution >= 4 is 210 Å². The number of aromatic amines is 13. The molecular weight excluding hydrogens is 1270 g/mol. The number of carbonyl (C=O) groups excluding carboxylic acids is 2. The summed E-state index contributed by atoms with van der Waals surface area (Å²) in [6.45, 7) is 3.38. The SMILES string of the molecule is Cc1cc(=O)[nH]c(=S)[nH]1.Cc1n[nH]c(=S)[nH]c1=O.O=C1CC(=O)NC(=S)N1.O=c1[nH]c(=O)[nH]c(=S)[nH]1.O=c1[nH]c(=S)[nH]c(=S)[nH]1.S=C1CC(=S)NN1.S=C1CC=NN1.S=c1[nH]c(=S)[nH]c(=S)[nH]1.SCc1ccc(CS)cc1. The summed E-state index contributed by atoms with van der Waals surface area (Å²) in [5.41, 5.74) is 9.76. The van der Waals surface area contributed by atoms with Crippen molar-refractivity contribution in [3.63, 3.8) is 0 Å². The average molecular weight is 1320 g/mol. The van der Waals surface area contributed by atoms with Gasteiger partial charge in [-0.15, -0.1) is 0 Å². The van der Waals surface area contributed by atoms with E-state index in [9.17, 15) is 33.6 Å². The van der Waals surface area contributed by atoms with Crippen LogP contribution in [0.3, 0.4) is 0 Å². The number of aromatic nitrogens is 14. The highest BCUT2D eigenvalue weighted by Crippen LogP contribution is 2.07. The van der Waals surface area contributed by atoms with Crippen molar-refractivity contribution in [2.75, 3.05) is 0 Å². The molecule has 0 bridgehead atoms. The molecule has 0 saturated carbocycles. The number of rotatable bonds is 2. The Hall–Kier alpha value is -5.83. The van der Waals surface area contributed by atoms with Crippen LogP contribution in [0.25, 0.3) is 0 Å². The minimum absolute atomic E-state index is 0.0313. The lowest BCUT2D eigenvalue weighted by Crippen LogP contribution is -2.49. The van der Waals surface area contributed by atoms with Crippen molar-refractivity contribution in [2.45, 2.75) is 44.6 Å². The molecule has 27 nitrogen and oxygen atoms in total. The van der Waals surface area contributed by atoms with Gasteiger partial charge in [0.25, 0.3) is 11.1 Å². The van der Waals surface area contributed by atoms with Crippen LogP contribution >= 0.6 is 172 Å². The molecule has 2 saturated heterocycles. The number of hydrazone groups is 1. The first-order valence-corrected chi connectivity index (χ1v) is 26.4. The second-order valence-corrected chi connectivity index (χ2v) is 19.3. The van der Waals surface area contributed by atoms with Crippen LogP contribution in [0.5, 0.6) is 0 Å². The molecule has 3 aliphatic rings. The summed E-state index contributed by atoms with van der Waals surface area (Å²) >= 11 is 64.0. The second-order valence-electron chi connectivity index (χ2n) is 13.5. The van der Waals surface area contributed by atoms with Gasteiger partial charge in [0.1, 0.15) is 27.1 Å². The molecular formula is C36H42N20O7S14. The van der Waals surface area contributed by atoms with Crippen LogP contribution in [-0.2, 0) is 21.1 Å². The molecule has 6 aromatic rings. The molecule has 5 aromatic heterocycles. The zero-order chi connectivity index (χ0) is 58.2. The van der Waals surface area contributed by atoms with Gasteiger partial charge < -0.3 is 35.6 Å². The molecule has 0 radical (unpaired) electrons. The monoisotopic (exact) mass is 1310 g/mol. The minimum atomic E-state index is -0.594. The van der Waals surface area contributed by atoms with E-state index in [0.717, 1.165) is 38.6 Å². The Morgan fingerprint density at radius 3 is 1.16 bits per heavy atom. The van der Waals surface area contributed by atoms with Crippen molar-refractivity contribution in [3.8, 4) is 0 Å². The van der Waals surface area contributed by atoms with Crippen LogP contribution < -0.4 is 55.1 Å². The maximum atomic E-state index is 10.6. The molecule has 3 aliphatic heterocycles. The molecule has 9 rings (SSSR count). The predicted octanol–water partition coefficient (Wildman–Crippen LogP) is 4.23. The zero-order valence-corrected chi connectivity index (χ0v) is 50.6. The van der Waals surface area contributed by atoms with Gasteiger partial charge in [-0.25, -0.2) is 14.4 Å². The van der Waals surface area contributed by atoms with Gasteiger partial charge in [0.2, 0.25) is 11.8 Å². The minimum Gasteiger partial charge on any atom is -0.336 e. The first-order chi connectivity index (χ1) is 36.2. The van der Waals surface area contributed by atoms with Crippen molar-refractivity contribution in [1.29, 1.82) is 0 Å². The number of thiocarbonyl (C=S) groups is 4. The Labute approximate surface area is 504 Å². The number of nitrogens with one attached hydrogen (secondary N) is 18. The highest BCUT2D eigenvalue weighted by molar-refractivity contribution is 7.82. The highest BCUT2D eigenvalue weighted by Gasteiger charge is 2.17. The Morgan fingerprint density at radius 1 is 0.481 bits per heavy atom. The van der Waals surface area contributed by atoms with E-state index in [-0.39, 0.29) is 59.2 Å². The van der Waals surface area contributed by atoms with Gasteiger partial charge >= 0.3 is 17.1 Å². The number of hydrogen-bond donors (Lipinski definition) is 20. The summed E-state index contributed by atoms with van der Waals surface area (Å²) in [5, 5.41) is 14.3. The number of H-pyrrole nitrogens is 13. The van der Waals surface area contributed by atoms with E-state index >= 15 is 0 Å². The Morgan fingerprint density at radius 2 is 0.883 bits per heavy atom. The lowest BCUT2D eigenvalue weighted by atomic mass is 10.2. The lowest BCUT2D eigenvalue weighted by Gasteiger charge is -2.12. The smallest absolute Gasteiger partial charge is 0.329 e. The molecule has 412 valence electrons. The molecule has 2 fully saturated rings. The quantitative estimate of drug-likeness (QED) is 0.0655. The molecule has 2 amide bonds. The lowest BCUT2D eigenvalue weighted by molar-refractivity contribution is -0.129. The Balaban J connectivity index is 0.000000434. The predicted molar refractivity (Wildman–Crippen MR) is 334 cm³/mol. The van der Waals surface area contributed by atoms with Crippen LogP contribution in [0.2, 0.25) is 0 Å². The van der Waals surface area contributed by atoms with E-state index < -0.39 is 11.4 Å². The number of benzene rings is 1. The molecule has 0 unspecified atom stereocenters. The number of carbonyl (C=O) groups is 2. The number of aryl methyl sites for hydroxylation is 2. The molecule has 0 atom stereocenters. The average Bonchev–Trinajstić information content (AvgIpc) is 3.96. The molecule has 0 spiro atoms. The third-order valence-electron chi connectivity index (χ3n) is 7.25. The summed E-state index contributed by atoms with van der Waals surface area (Å²) in [6, 6.07) is 9.78. The van der Waals surface area contributed by atoms with Crippen molar-refractivity contribution < 1.29 is 9.59 Å². The number of hydrazine groups is 1. The van der Waals surface area contributed by atoms with Crippen LogP contribution in [-0.4, -0.2) is 108 Å². The molecule has 0 aliphatic carbocycles. The van der Waals surface area contributed by atoms with Gasteiger partial charge in [0.15, 0.2) is 43.3 Å². The molecule has 8 heterocycles. The first-order valence-electron chi connectivity index (χ1n) is 20.2. The number of nitrogens with zero attached hydrogens (tertiary/aromatic N) is 2. The van der Waals surface area contributed by atoms with E-state index in [2.05, 4.69) is 232 Å². The van der Waals surface area contributed by atoms with Gasteiger partial charge in [0, 0.05) is 35.9 Å². The van der Waals surface area contributed by atoms with Gasteiger partial charge in [-0.3, -0.25) is 75.4 Å². The number of amides is 2. The molecule has 1 aromatic carbocycles. The normalized spacial score (nSPS) is 12.1. The number of thiol groups is 2. The van der Waals surface area contributed by atoms with E-state index in [0.29, 0.717) is 31.2 Å². The summed E-state index contributed by atoms with van der Waals surface area (Å²) in [6.07, 6.45) is 3.16. The molecule has 18 N–H and O–H groups in total. The maximum absolute atomic E-state index is 10.6. The fraction of sp³-hybridized carbons (Fsp3) is 0.194. The van der Waals surface area contributed by atoms with E-state index in [4.69, 9.17) is 61.1 Å². The molecule has 77 heavy (non-hydrogen) atoms. The van der Waals surface area contributed by atoms with E-state index in [1.165, 1.54) is 17.2 Å². The topological polar surface area (TPSA) is 410 Å². The third-order valence-corrected chi connectivity index (χ3v) is 10.6. The van der Waals surface area contributed by atoms with Crippen molar-refractivity contribution in [1.82, 2.24) is 96.9 Å². The third kappa shape index (κ3) is 34.5. The zero-order valence-electron chi connectivity index (χ0n) is 39.0. The van der Waals surface area contributed by atoms with Gasteiger partial charge in [-0.1, -0.05) is 60.9 Å². The summed E-state index contributed by atoms with van der Waals surface area (Å²) in [5.74, 6) is 0.937. The van der Waals surface area contributed by atoms with Crippen molar-refractivity contribution in [2.24, 2.45) is 5.10 Å². The fourth-order valence-electron chi connectivity index (χ4n) is 4.14. The molecule has 41 heteroatoms. The van der Waals surface area contributed by atoms with Gasteiger partial charge in [-0.2, -0.15) is 35.5 Å². The van der Waals surface area contributed by atoms with Crippen LogP contribution in [0.4, 0.5) is 0 Å².